The Morgan fingerprint density at radius 1 is 1.40 bits per heavy atom. The maximum absolute atomic E-state index is 9.57. The Balaban J connectivity index is 2.84. The molecule has 10 heavy (non-hydrogen) atoms. The Kier molecular flexibility index (Phi) is 5.86. The van der Waals surface area contributed by atoms with Crippen molar-refractivity contribution in [2.24, 2.45) is 0 Å². The van der Waals surface area contributed by atoms with Gasteiger partial charge in [-0.2, -0.15) is 14.8 Å². The van der Waals surface area contributed by atoms with E-state index in [-0.39, 0.29) is 0 Å². The molecule has 0 aromatic rings. The van der Waals surface area contributed by atoms with Crippen LogP contribution in [0.2, 0.25) is 0 Å². The Hall–Kier alpha value is -0.770. The molecule has 0 aromatic heterocycles. The minimum absolute atomic E-state index is 0.307. The van der Waals surface area contributed by atoms with Crippen molar-refractivity contribution in [1.29, 1.82) is 0 Å². The molecule has 0 fully saturated rings. The first-order valence-electron chi connectivity index (χ1n) is 3.27. The number of unbranched alkanes of at least 4 members (excludes halogenated alkanes) is 2. The summed E-state index contributed by atoms with van der Waals surface area (Å²) in [6, 6.07) is 0. The van der Waals surface area contributed by atoms with Gasteiger partial charge in [0.1, 0.15) is 0 Å². The highest BCUT2D eigenvalue weighted by Crippen LogP contribution is 1.94. The van der Waals surface area contributed by atoms with Gasteiger partial charge in [0.2, 0.25) is 0 Å². The molecule has 0 aliphatic rings. The summed E-state index contributed by atoms with van der Waals surface area (Å²) in [7, 11) is 0. The van der Waals surface area contributed by atoms with Gasteiger partial charge in [0.15, 0.2) is 0 Å². The van der Waals surface area contributed by atoms with Crippen LogP contribution in [0.15, 0.2) is 0 Å². The van der Waals surface area contributed by atoms with Crippen molar-refractivity contribution in [1.82, 2.24) is 0 Å². The summed E-state index contributed by atoms with van der Waals surface area (Å²) in [5, 5.41) is 9.57. The van der Waals surface area contributed by atoms with Crippen LogP contribution in [0.1, 0.15) is 26.2 Å². The minimum Gasteiger partial charge on any atom is -0.257 e. The van der Waals surface area contributed by atoms with E-state index in [0.29, 0.717) is 6.61 Å². The molecule has 0 spiro atoms. The summed E-state index contributed by atoms with van der Waals surface area (Å²) in [4.78, 5) is 17.5. The van der Waals surface area contributed by atoms with Crippen molar-refractivity contribution in [3.63, 3.8) is 0 Å². The van der Waals surface area contributed by atoms with Crippen LogP contribution >= 0.6 is 0 Å². The predicted molar refractivity (Wildman–Crippen MR) is 32.6 cm³/mol. The molecule has 4 heteroatoms. The van der Waals surface area contributed by atoms with Gasteiger partial charge in [0.05, 0.1) is 6.61 Å². The van der Waals surface area contributed by atoms with Gasteiger partial charge in [-0.15, -0.1) is 0 Å². The number of carbonyl (C=O) groups is 1. The second kappa shape index (κ2) is 6.35. The van der Waals surface area contributed by atoms with E-state index in [1.165, 1.54) is 0 Å². The molecule has 0 saturated heterocycles. The van der Waals surface area contributed by atoms with Gasteiger partial charge in [-0.05, 0) is 6.42 Å². The fraction of sp³-hybridized carbons (Fsp3) is 0.833. The molecule has 0 aliphatic carbocycles. The lowest BCUT2D eigenvalue weighted by Crippen LogP contribution is -2.01. The smallest absolute Gasteiger partial charge is 0.257 e. The number of rotatable bonds is 5. The topological polar surface area (TPSA) is 55.4 Å². The quantitative estimate of drug-likeness (QED) is 0.337. The van der Waals surface area contributed by atoms with Crippen LogP contribution < -0.4 is 0 Å². The van der Waals surface area contributed by atoms with E-state index >= 15 is 0 Å². The van der Waals surface area contributed by atoms with Gasteiger partial charge in [-0.3, -0.25) is 4.89 Å². The van der Waals surface area contributed by atoms with E-state index < -0.39 is 6.16 Å². The average molecular weight is 147 g/mol. The minimum atomic E-state index is -1.64. The zero-order valence-electron chi connectivity index (χ0n) is 5.96. The van der Waals surface area contributed by atoms with Gasteiger partial charge in [0.25, 0.3) is 0 Å². The Labute approximate surface area is 59.7 Å². The molecular weight excluding hydrogens is 136 g/mol. The van der Waals surface area contributed by atoms with E-state index in [4.69, 9.17) is 0 Å². The summed E-state index contributed by atoms with van der Waals surface area (Å²) in [6.07, 6.45) is 1.24. The lowest BCUT2D eigenvalue weighted by Gasteiger charge is -1.96. The third-order valence-electron chi connectivity index (χ3n) is 0.958. The van der Waals surface area contributed by atoms with E-state index in [0.717, 1.165) is 19.3 Å². The van der Waals surface area contributed by atoms with Crippen molar-refractivity contribution in [3.05, 3.63) is 0 Å². The number of hydrogen-bond donors (Lipinski definition) is 0. The molecular formula is C6H11O4. The largest absolute Gasteiger partial charge is 0.582 e. The van der Waals surface area contributed by atoms with E-state index in [2.05, 4.69) is 9.78 Å². The molecule has 0 atom stereocenters. The second-order valence-corrected chi connectivity index (χ2v) is 1.86. The van der Waals surface area contributed by atoms with Crippen LogP contribution in [0.4, 0.5) is 4.79 Å². The monoisotopic (exact) mass is 147 g/mol. The lowest BCUT2D eigenvalue weighted by molar-refractivity contribution is -0.255. The Morgan fingerprint density at radius 2 is 2.10 bits per heavy atom. The third-order valence-corrected chi connectivity index (χ3v) is 0.958. The molecule has 0 heterocycles. The van der Waals surface area contributed by atoms with Gasteiger partial charge in [-0.25, -0.2) is 0 Å². The number of hydrogen-bond acceptors (Lipinski definition) is 3. The number of carbonyl (C=O) groups excluding carboxylic acids is 1. The van der Waals surface area contributed by atoms with Crippen LogP contribution in [0.25, 0.3) is 0 Å². The highest BCUT2D eigenvalue weighted by molar-refractivity contribution is 5.55. The zero-order valence-corrected chi connectivity index (χ0v) is 5.96. The first-order chi connectivity index (χ1) is 4.77. The van der Waals surface area contributed by atoms with Crippen molar-refractivity contribution < 1.29 is 19.7 Å². The molecule has 0 saturated carbocycles. The molecule has 59 valence electrons. The Bertz CT molecular complexity index is 91.7. The van der Waals surface area contributed by atoms with Gasteiger partial charge in [0, 0.05) is 0 Å². The molecule has 0 aromatic carbocycles. The maximum Gasteiger partial charge on any atom is 0.582 e. The molecule has 0 bridgehead atoms. The molecule has 0 aliphatic heterocycles. The first kappa shape index (κ1) is 9.23. The van der Waals surface area contributed by atoms with Gasteiger partial charge in [-0.1, -0.05) is 19.8 Å². The van der Waals surface area contributed by atoms with Crippen LogP contribution in [0, 0.1) is 0 Å². The molecule has 4 nitrogen and oxygen atoms in total. The van der Waals surface area contributed by atoms with Crippen LogP contribution in [-0.2, 0) is 14.9 Å². The molecule has 0 amide bonds. The normalized spacial score (nSPS) is 9.30. The Morgan fingerprint density at radius 3 is 2.60 bits per heavy atom. The molecule has 0 unspecified atom stereocenters. The summed E-state index contributed by atoms with van der Waals surface area (Å²) in [5.74, 6) is 0. The van der Waals surface area contributed by atoms with Crippen LogP contribution in [0.5, 0.6) is 0 Å². The second-order valence-electron chi connectivity index (χ2n) is 1.86. The highest BCUT2D eigenvalue weighted by atomic mass is 17.2. The molecule has 0 rings (SSSR count). The highest BCUT2D eigenvalue weighted by Gasteiger charge is 1.98. The summed E-state index contributed by atoms with van der Waals surface area (Å²) in [5.41, 5.74) is 0. The van der Waals surface area contributed by atoms with Crippen molar-refractivity contribution in [3.8, 4) is 0 Å². The average Bonchev–Trinajstić information content (AvgIpc) is 1.87. The van der Waals surface area contributed by atoms with Gasteiger partial charge >= 0.3 is 6.16 Å². The lowest BCUT2D eigenvalue weighted by atomic mass is 10.3. The predicted octanol–water partition coefficient (Wildman–Crippen LogP) is 1.68. The zero-order chi connectivity index (χ0) is 7.82. The first-order valence-corrected chi connectivity index (χ1v) is 3.27. The van der Waals surface area contributed by atoms with E-state index in [1.807, 2.05) is 6.92 Å². The fourth-order valence-corrected chi connectivity index (χ4v) is 0.501. The summed E-state index contributed by atoms with van der Waals surface area (Å²) >= 11 is 0. The fourth-order valence-electron chi connectivity index (χ4n) is 0.501. The molecule has 0 N–H and O–H groups in total. The molecule has 1 radical (unpaired) electrons. The van der Waals surface area contributed by atoms with Crippen molar-refractivity contribution >= 4 is 6.16 Å². The SMILES string of the molecule is CCCCCOOC([O])=O. The van der Waals surface area contributed by atoms with Crippen LogP contribution in [-0.4, -0.2) is 12.8 Å². The van der Waals surface area contributed by atoms with Crippen LogP contribution in [0.3, 0.4) is 0 Å². The van der Waals surface area contributed by atoms with E-state index in [1.54, 1.807) is 0 Å². The standard InChI is InChI=1S/C6H11O4/c1-2-3-4-5-9-10-6(7)8/h2-5H2,1H3. The third kappa shape index (κ3) is 7.23. The van der Waals surface area contributed by atoms with Crippen molar-refractivity contribution in [2.75, 3.05) is 6.61 Å². The van der Waals surface area contributed by atoms with Gasteiger partial charge < -0.3 is 0 Å². The maximum atomic E-state index is 9.57. The van der Waals surface area contributed by atoms with Crippen molar-refractivity contribution in [2.45, 2.75) is 26.2 Å². The summed E-state index contributed by atoms with van der Waals surface area (Å²) < 4.78 is 0. The summed E-state index contributed by atoms with van der Waals surface area (Å²) in [6.45, 7) is 2.35. The van der Waals surface area contributed by atoms with E-state index in [9.17, 15) is 9.90 Å².